The maximum Gasteiger partial charge on any atom is 0.0718 e. The van der Waals surface area contributed by atoms with Crippen molar-refractivity contribution in [1.29, 1.82) is 0 Å². The number of hydrogen-bond acceptors (Lipinski definition) is 4. The smallest absolute Gasteiger partial charge is 0.0718 e. The quantitative estimate of drug-likeness (QED) is 0.718. The van der Waals surface area contributed by atoms with E-state index < -0.39 is 5.60 Å². The molecule has 0 bridgehead atoms. The van der Waals surface area contributed by atoms with Gasteiger partial charge in [-0.3, -0.25) is 0 Å². The van der Waals surface area contributed by atoms with Crippen molar-refractivity contribution in [2.75, 3.05) is 46.4 Å². The summed E-state index contributed by atoms with van der Waals surface area (Å²) in [6.45, 7) is 11.3. The molecule has 2 N–H and O–H groups in total. The molecule has 1 rings (SSSR count). The van der Waals surface area contributed by atoms with Crippen LogP contribution in [0.5, 0.6) is 0 Å². The Balaban J connectivity index is 2.62. The SMILES string of the molecule is CCN(CC(C)(C)O)CC1(CNC)CCCOC1. The summed E-state index contributed by atoms with van der Waals surface area (Å²) in [5, 5.41) is 13.3. The summed E-state index contributed by atoms with van der Waals surface area (Å²) in [6, 6.07) is 0. The first-order chi connectivity index (χ1) is 8.41. The second kappa shape index (κ2) is 6.85. The molecule has 0 aromatic carbocycles. The summed E-state index contributed by atoms with van der Waals surface area (Å²) >= 11 is 0. The summed E-state index contributed by atoms with van der Waals surface area (Å²) in [6.07, 6.45) is 2.35. The molecule has 0 amide bonds. The first-order valence-electron chi connectivity index (χ1n) is 7.08. The lowest BCUT2D eigenvalue weighted by Gasteiger charge is -2.42. The molecule has 1 heterocycles. The minimum absolute atomic E-state index is 0.203. The van der Waals surface area contributed by atoms with Crippen LogP contribution in [0.25, 0.3) is 0 Å². The van der Waals surface area contributed by atoms with Crippen LogP contribution >= 0.6 is 0 Å². The molecule has 0 spiro atoms. The summed E-state index contributed by atoms with van der Waals surface area (Å²) in [5.74, 6) is 0. The van der Waals surface area contributed by atoms with Gasteiger partial charge in [0.1, 0.15) is 0 Å². The number of hydrogen-bond donors (Lipinski definition) is 2. The van der Waals surface area contributed by atoms with E-state index in [2.05, 4.69) is 17.1 Å². The average Bonchev–Trinajstić information content (AvgIpc) is 2.28. The van der Waals surface area contributed by atoms with E-state index in [0.29, 0.717) is 0 Å². The number of likely N-dealkylation sites (N-methyl/N-ethyl adjacent to an activating group) is 1. The Labute approximate surface area is 112 Å². The van der Waals surface area contributed by atoms with Crippen LogP contribution in [0, 0.1) is 5.41 Å². The molecule has 1 unspecified atom stereocenters. The van der Waals surface area contributed by atoms with E-state index in [-0.39, 0.29) is 5.41 Å². The predicted molar refractivity (Wildman–Crippen MR) is 74.8 cm³/mol. The molecule has 0 aromatic rings. The van der Waals surface area contributed by atoms with Crippen molar-refractivity contribution in [1.82, 2.24) is 10.2 Å². The van der Waals surface area contributed by atoms with Gasteiger partial charge in [-0.2, -0.15) is 0 Å². The fraction of sp³-hybridized carbons (Fsp3) is 1.00. The van der Waals surface area contributed by atoms with Crippen molar-refractivity contribution in [2.45, 2.75) is 39.2 Å². The minimum Gasteiger partial charge on any atom is -0.389 e. The van der Waals surface area contributed by atoms with Gasteiger partial charge in [0.15, 0.2) is 0 Å². The van der Waals surface area contributed by atoms with Gasteiger partial charge in [-0.05, 0) is 40.3 Å². The second-order valence-electron chi connectivity index (χ2n) is 6.30. The molecule has 0 radical (unpaired) electrons. The van der Waals surface area contributed by atoms with E-state index >= 15 is 0 Å². The van der Waals surface area contributed by atoms with Gasteiger partial charge in [0, 0.05) is 31.7 Å². The number of nitrogens with one attached hydrogen (secondary N) is 1. The van der Waals surface area contributed by atoms with Crippen LogP contribution < -0.4 is 5.32 Å². The number of ether oxygens (including phenoxy) is 1. The summed E-state index contributed by atoms with van der Waals surface area (Å²) in [5.41, 5.74) is -0.430. The van der Waals surface area contributed by atoms with Crippen molar-refractivity contribution in [3.05, 3.63) is 0 Å². The molecule has 4 nitrogen and oxygen atoms in total. The molecule has 0 aliphatic carbocycles. The van der Waals surface area contributed by atoms with E-state index in [0.717, 1.165) is 45.8 Å². The third-order valence-corrected chi connectivity index (χ3v) is 3.57. The lowest BCUT2D eigenvalue weighted by Crippen LogP contribution is -2.51. The maximum atomic E-state index is 9.97. The average molecular weight is 258 g/mol. The van der Waals surface area contributed by atoms with Gasteiger partial charge in [0.05, 0.1) is 12.2 Å². The van der Waals surface area contributed by atoms with E-state index in [9.17, 15) is 5.11 Å². The molecule has 108 valence electrons. The highest BCUT2D eigenvalue weighted by Crippen LogP contribution is 2.29. The molecule has 1 saturated heterocycles. The number of nitrogens with zero attached hydrogens (tertiary/aromatic N) is 1. The summed E-state index contributed by atoms with van der Waals surface area (Å²) in [7, 11) is 2.00. The zero-order chi connectivity index (χ0) is 13.6. The van der Waals surface area contributed by atoms with Gasteiger partial charge in [-0.15, -0.1) is 0 Å². The lowest BCUT2D eigenvalue weighted by atomic mass is 9.81. The molecule has 1 aliphatic heterocycles. The van der Waals surface area contributed by atoms with Crippen LogP contribution in [0.1, 0.15) is 33.6 Å². The first-order valence-corrected chi connectivity index (χ1v) is 7.08. The van der Waals surface area contributed by atoms with Gasteiger partial charge in [0.2, 0.25) is 0 Å². The maximum absolute atomic E-state index is 9.97. The Kier molecular flexibility index (Phi) is 6.05. The Bertz CT molecular complexity index is 227. The van der Waals surface area contributed by atoms with Crippen molar-refractivity contribution in [3.8, 4) is 0 Å². The third kappa shape index (κ3) is 5.22. The van der Waals surface area contributed by atoms with Crippen LogP contribution in [0.4, 0.5) is 0 Å². The number of aliphatic hydroxyl groups is 1. The highest BCUT2D eigenvalue weighted by Gasteiger charge is 2.34. The molecule has 1 fully saturated rings. The van der Waals surface area contributed by atoms with Crippen LogP contribution in [0.15, 0.2) is 0 Å². The van der Waals surface area contributed by atoms with Gasteiger partial charge < -0.3 is 20.1 Å². The fourth-order valence-corrected chi connectivity index (χ4v) is 2.91. The van der Waals surface area contributed by atoms with Crippen LogP contribution in [0.2, 0.25) is 0 Å². The largest absolute Gasteiger partial charge is 0.389 e. The minimum atomic E-state index is -0.633. The summed E-state index contributed by atoms with van der Waals surface area (Å²) < 4.78 is 5.68. The third-order valence-electron chi connectivity index (χ3n) is 3.57. The molecule has 1 aliphatic rings. The molecular weight excluding hydrogens is 228 g/mol. The molecular formula is C14H30N2O2. The molecule has 0 saturated carbocycles. The Hall–Kier alpha value is -0.160. The summed E-state index contributed by atoms with van der Waals surface area (Å²) in [4.78, 5) is 2.34. The molecule has 4 heteroatoms. The monoisotopic (exact) mass is 258 g/mol. The normalized spacial score (nSPS) is 25.7. The van der Waals surface area contributed by atoms with Crippen molar-refractivity contribution in [3.63, 3.8) is 0 Å². The Morgan fingerprint density at radius 2 is 2.17 bits per heavy atom. The Morgan fingerprint density at radius 3 is 2.61 bits per heavy atom. The first kappa shape index (κ1) is 15.9. The van der Waals surface area contributed by atoms with E-state index in [1.807, 2.05) is 20.9 Å². The lowest BCUT2D eigenvalue weighted by molar-refractivity contribution is -0.0392. The zero-order valence-electron chi connectivity index (χ0n) is 12.5. The van der Waals surface area contributed by atoms with Crippen molar-refractivity contribution >= 4 is 0 Å². The second-order valence-corrected chi connectivity index (χ2v) is 6.30. The highest BCUT2D eigenvalue weighted by atomic mass is 16.5. The van der Waals surface area contributed by atoms with E-state index in [4.69, 9.17) is 4.74 Å². The van der Waals surface area contributed by atoms with Crippen molar-refractivity contribution in [2.24, 2.45) is 5.41 Å². The number of rotatable bonds is 7. The predicted octanol–water partition coefficient (Wildman–Crippen LogP) is 1.10. The Morgan fingerprint density at radius 1 is 1.44 bits per heavy atom. The van der Waals surface area contributed by atoms with Crippen LogP contribution in [-0.2, 0) is 4.74 Å². The van der Waals surface area contributed by atoms with E-state index in [1.165, 1.54) is 6.42 Å². The van der Waals surface area contributed by atoms with Gasteiger partial charge in [-0.1, -0.05) is 6.92 Å². The molecule has 1 atom stereocenters. The van der Waals surface area contributed by atoms with Crippen LogP contribution in [0.3, 0.4) is 0 Å². The zero-order valence-corrected chi connectivity index (χ0v) is 12.5. The van der Waals surface area contributed by atoms with Gasteiger partial charge >= 0.3 is 0 Å². The topological polar surface area (TPSA) is 44.7 Å². The highest BCUT2D eigenvalue weighted by molar-refractivity contribution is 4.88. The standard InChI is InChI=1S/C14H30N2O2/c1-5-16(10-13(2,3)17)11-14(9-15-4)7-6-8-18-12-14/h15,17H,5-12H2,1-4H3. The van der Waals surface area contributed by atoms with E-state index in [1.54, 1.807) is 0 Å². The van der Waals surface area contributed by atoms with Gasteiger partial charge in [-0.25, -0.2) is 0 Å². The fourth-order valence-electron chi connectivity index (χ4n) is 2.91. The molecule has 0 aromatic heterocycles. The van der Waals surface area contributed by atoms with Crippen molar-refractivity contribution < 1.29 is 9.84 Å². The van der Waals surface area contributed by atoms with Gasteiger partial charge in [0.25, 0.3) is 0 Å². The van der Waals surface area contributed by atoms with Crippen LogP contribution in [-0.4, -0.2) is 62.0 Å². The molecule has 18 heavy (non-hydrogen) atoms.